The van der Waals surface area contributed by atoms with Crippen molar-refractivity contribution in [2.75, 3.05) is 30.3 Å². The summed E-state index contributed by atoms with van der Waals surface area (Å²) in [7, 11) is 0. The van der Waals surface area contributed by atoms with E-state index in [0.29, 0.717) is 6.61 Å². The molecule has 0 aliphatic heterocycles. The van der Waals surface area contributed by atoms with E-state index >= 15 is 0 Å². The Morgan fingerprint density at radius 1 is 1.32 bits per heavy atom. The van der Waals surface area contributed by atoms with Crippen LogP contribution < -0.4 is 15.4 Å². The number of ether oxygens (including phenoxy) is 1. The zero-order valence-corrected chi connectivity index (χ0v) is 13.1. The van der Waals surface area contributed by atoms with Gasteiger partial charge in [0.1, 0.15) is 5.75 Å². The van der Waals surface area contributed by atoms with Crippen molar-refractivity contribution in [2.45, 2.75) is 20.8 Å². The summed E-state index contributed by atoms with van der Waals surface area (Å²) >= 11 is 0. The van der Waals surface area contributed by atoms with Crippen LogP contribution in [0.4, 0.5) is 11.6 Å². The molecule has 1 aromatic carbocycles. The van der Waals surface area contributed by atoms with Gasteiger partial charge in [0.15, 0.2) is 0 Å². The molecule has 0 amide bonds. The highest BCUT2D eigenvalue weighted by atomic mass is 16.5. The Kier molecular flexibility index (Phi) is 5.29. The van der Waals surface area contributed by atoms with E-state index < -0.39 is 0 Å². The normalized spacial score (nSPS) is 11.0. The Bertz CT molecular complexity index is 634. The van der Waals surface area contributed by atoms with Gasteiger partial charge in [0.25, 0.3) is 5.95 Å². The second-order valence-corrected chi connectivity index (χ2v) is 4.50. The van der Waals surface area contributed by atoms with Gasteiger partial charge < -0.3 is 15.4 Å². The number of benzene rings is 1. The minimum absolute atomic E-state index is 0.133. The molecule has 0 aliphatic carbocycles. The number of nitrogens with two attached hydrogens (primary N) is 1. The maximum Gasteiger partial charge on any atom is 0.263 e. The Morgan fingerprint density at radius 2 is 2.09 bits per heavy atom. The Morgan fingerprint density at radius 3 is 2.68 bits per heavy atom. The number of tetrazole rings is 1. The fourth-order valence-electron chi connectivity index (χ4n) is 2.08. The number of nitrogens with zero attached hydrogens (tertiary/aromatic N) is 6. The summed E-state index contributed by atoms with van der Waals surface area (Å²) in [5.41, 5.74) is 7.54. The highest BCUT2D eigenvalue weighted by molar-refractivity contribution is 5.84. The Balaban J connectivity index is 2.30. The van der Waals surface area contributed by atoms with E-state index in [9.17, 15) is 0 Å². The van der Waals surface area contributed by atoms with E-state index in [1.54, 1.807) is 6.21 Å². The van der Waals surface area contributed by atoms with Gasteiger partial charge >= 0.3 is 0 Å². The molecule has 0 radical (unpaired) electrons. The number of rotatable bonds is 7. The van der Waals surface area contributed by atoms with E-state index in [1.807, 2.05) is 25.1 Å². The van der Waals surface area contributed by atoms with Crippen molar-refractivity contribution in [3.8, 4) is 5.75 Å². The second kappa shape index (κ2) is 7.39. The molecule has 0 fully saturated rings. The molecule has 1 heterocycles. The lowest BCUT2D eigenvalue weighted by atomic mass is 10.2. The van der Waals surface area contributed by atoms with Gasteiger partial charge in [0, 0.05) is 30.4 Å². The molecule has 22 heavy (non-hydrogen) atoms. The third-order valence-corrected chi connectivity index (χ3v) is 3.21. The van der Waals surface area contributed by atoms with Gasteiger partial charge in [0.05, 0.1) is 12.8 Å². The molecular formula is C14H21N7O. The van der Waals surface area contributed by atoms with E-state index in [2.05, 4.69) is 39.4 Å². The highest BCUT2D eigenvalue weighted by Gasteiger charge is 2.08. The van der Waals surface area contributed by atoms with Crippen LogP contribution in [0.2, 0.25) is 0 Å². The lowest BCUT2D eigenvalue weighted by Crippen LogP contribution is -2.21. The summed E-state index contributed by atoms with van der Waals surface area (Å²) in [6, 6.07) is 6.02. The maximum atomic E-state index is 5.71. The summed E-state index contributed by atoms with van der Waals surface area (Å²) in [4.78, 5) is 3.41. The first-order chi connectivity index (χ1) is 10.7. The molecule has 0 saturated heterocycles. The minimum atomic E-state index is 0.133. The van der Waals surface area contributed by atoms with Crippen LogP contribution in [0.3, 0.4) is 0 Å². The van der Waals surface area contributed by atoms with E-state index in [-0.39, 0.29) is 5.95 Å². The number of nitrogen functional groups attached to an aromatic ring is 1. The third kappa shape index (κ3) is 3.51. The number of aromatic nitrogens is 4. The van der Waals surface area contributed by atoms with Crippen LogP contribution in [0, 0.1) is 0 Å². The van der Waals surface area contributed by atoms with Gasteiger partial charge in [-0.15, -0.1) is 0 Å². The molecule has 2 aromatic rings. The Hall–Kier alpha value is -2.64. The molecule has 118 valence electrons. The number of anilines is 2. The van der Waals surface area contributed by atoms with Crippen LogP contribution in [0.25, 0.3) is 0 Å². The van der Waals surface area contributed by atoms with Crippen molar-refractivity contribution in [1.82, 2.24) is 20.3 Å². The molecule has 1 aromatic heterocycles. The van der Waals surface area contributed by atoms with Crippen molar-refractivity contribution in [3.05, 3.63) is 23.8 Å². The second-order valence-electron chi connectivity index (χ2n) is 4.50. The number of hydrogen-bond donors (Lipinski definition) is 1. The molecule has 2 rings (SSSR count). The van der Waals surface area contributed by atoms with Crippen molar-refractivity contribution in [2.24, 2.45) is 5.10 Å². The van der Waals surface area contributed by atoms with Crippen molar-refractivity contribution < 1.29 is 4.74 Å². The number of hydrogen-bond acceptors (Lipinski definition) is 7. The summed E-state index contributed by atoms with van der Waals surface area (Å²) in [6.45, 7) is 8.66. The minimum Gasteiger partial charge on any atom is -0.493 e. The zero-order valence-electron chi connectivity index (χ0n) is 13.1. The maximum absolute atomic E-state index is 5.71. The molecule has 2 N–H and O–H groups in total. The zero-order chi connectivity index (χ0) is 15.9. The van der Waals surface area contributed by atoms with Gasteiger partial charge in [-0.2, -0.15) is 5.10 Å². The molecular weight excluding hydrogens is 282 g/mol. The van der Waals surface area contributed by atoms with Gasteiger partial charge in [-0.05, 0) is 43.3 Å². The van der Waals surface area contributed by atoms with E-state index in [4.69, 9.17) is 10.5 Å². The average molecular weight is 303 g/mol. The predicted molar refractivity (Wildman–Crippen MR) is 86.4 cm³/mol. The van der Waals surface area contributed by atoms with Gasteiger partial charge in [-0.1, -0.05) is 9.89 Å². The average Bonchev–Trinajstić information content (AvgIpc) is 2.93. The topological polar surface area (TPSA) is 94.5 Å². The molecule has 0 spiro atoms. The lowest BCUT2D eigenvalue weighted by Gasteiger charge is -2.22. The van der Waals surface area contributed by atoms with E-state index in [1.165, 1.54) is 0 Å². The third-order valence-electron chi connectivity index (χ3n) is 3.21. The highest BCUT2D eigenvalue weighted by Crippen LogP contribution is 2.25. The fraction of sp³-hybridized carbons (Fsp3) is 0.429. The first kappa shape index (κ1) is 15.7. The largest absolute Gasteiger partial charge is 0.493 e. The molecule has 8 heteroatoms. The van der Waals surface area contributed by atoms with Gasteiger partial charge in [0.2, 0.25) is 0 Å². The summed E-state index contributed by atoms with van der Waals surface area (Å²) in [5, 5.41) is 14.8. The molecule has 0 atom stereocenters. The molecule has 0 unspecified atom stereocenters. The molecule has 8 nitrogen and oxygen atoms in total. The summed E-state index contributed by atoms with van der Waals surface area (Å²) in [6.07, 6.45) is 1.63. The van der Waals surface area contributed by atoms with Gasteiger partial charge in [-0.25, -0.2) is 0 Å². The van der Waals surface area contributed by atoms with Crippen LogP contribution in [0.15, 0.2) is 23.3 Å². The smallest absolute Gasteiger partial charge is 0.263 e. The Labute approximate surface area is 129 Å². The molecule has 0 bridgehead atoms. The van der Waals surface area contributed by atoms with Crippen molar-refractivity contribution in [1.29, 1.82) is 0 Å². The van der Waals surface area contributed by atoms with Crippen LogP contribution in [0.5, 0.6) is 5.75 Å². The van der Waals surface area contributed by atoms with E-state index in [0.717, 1.165) is 34.9 Å². The summed E-state index contributed by atoms with van der Waals surface area (Å²) < 4.78 is 5.71. The van der Waals surface area contributed by atoms with Gasteiger partial charge in [-0.3, -0.25) is 0 Å². The fourth-order valence-corrected chi connectivity index (χ4v) is 2.08. The van der Waals surface area contributed by atoms with Crippen LogP contribution in [-0.4, -0.2) is 46.2 Å². The predicted octanol–water partition coefficient (Wildman–Crippen LogP) is 1.38. The lowest BCUT2D eigenvalue weighted by molar-refractivity contribution is 0.340. The van der Waals surface area contributed by atoms with Crippen molar-refractivity contribution >= 4 is 17.9 Å². The monoisotopic (exact) mass is 303 g/mol. The first-order valence-electron chi connectivity index (χ1n) is 7.29. The summed E-state index contributed by atoms with van der Waals surface area (Å²) in [5.74, 6) is 0.899. The first-order valence-corrected chi connectivity index (χ1v) is 7.29. The van der Waals surface area contributed by atoms with Crippen LogP contribution in [-0.2, 0) is 0 Å². The molecule has 0 saturated carbocycles. The molecule has 0 aliphatic rings. The standard InChI is InChI=1S/C14H21N7O/c1-4-20(5-2)12-8-7-11(13(9-12)22-6-3)10-16-21-14(15)17-18-19-21/h7-10H,4-6H2,1-3H3,(H2,15,17,19)/b16-10+. The van der Waals surface area contributed by atoms with Crippen LogP contribution in [0.1, 0.15) is 26.3 Å². The van der Waals surface area contributed by atoms with Crippen molar-refractivity contribution in [3.63, 3.8) is 0 Å². The quantitative estimate of drug-likeness (QED) is 0.777. The van der Waals surface area contributed by atoms with Crippen LogP contribution >= 0.6 is 0 Å². The SMILES string of the molecule is CCOc1cc(N(CC)CC)ccc1/C=N/n1nnnc1N.